The highest BCUT2D eigenvalue weighted by Gasteiger charge is 2.29. The number of hydrogen-bond donors (Lipinski definition) is 0. The molecule has 1 saturated heterocycles. The van der Waals surface area contributed by atoms with Crippen LogP contribution < -0.4 is 0 Å². The average Bonchev–Trinajstić information content (AvgIpc) is 2.80. The second-order valence-corrected chi connectivity index (χ2v) is 7.92. The monoisotopic (exact) mass is 374 g/mol. The van der Waals surface area contributed by atoms with Gasteiger partial charge in [-0.05, 0) is 24.5 Å². The van der Waals surface area contributed by atoms with Crippen LogP contribution in [-0.2, 0) is 5.41 Å². The van der Waals surface area contributed by atoms with Gasteiger partial charge in [0.1, 0.15) is 4.88 Å². The maximum atomic E-state index is 12.8. The van der Waals surface area contributed by atoms with E-state index in [1.807, 2.05) is 4.90 Å². The van der Waals surface area contributed by atoms with Crippen molar-refractivity contribution in [2.45, 2.75) is 32.6 Å². The summed E-state index contributed by atoms with van der Waals surface area (Å²) in [5.41, 5.74) is 0.672. The number of nitrogens with zero attached hydrogens (tertiary/aromatic N) is 4. The molecule has 1 amide bonds. The number of carbonyl (C=O) groups excluding carboxylic acids is 1. The van der Waals surface area contributed by atoms with E-state index in [-0.39, 0.29) is 11.3 Å². The molecule has 118 valence electrons. The van der Waals surface area contributed by atoms with Crippen molar-refractivity contribution in [3.63, 3.8) is 0 Å². The van der Waals surface area contributed by atoms with Crippen LogP contribution in [0.3, 0.4) is 0 Å². The third-order valence-corrected chi connectivity index (χ3v) is 4.74. The summed E-state index contributed by atoms with van der Waals surface area (Å²) in [4.78, 5) is 17.8. The molecule has 0 aromatic carbocycles. The highest BCUT2D eigenvalue weighted by molar-refractivity contribution is 9.09. The van der Waals surface area contributed by atoms with Crippen LogP contribution in [0.2, 0.25) is 0 Å². The van der Waals surface area contributed by atoms with Gasteiger partial charge in [-0.15, -0.1) is 5.10 Å². The number of halogens is 1. The number of rotatable bonds is 3. The molecule has 0 saturated carbocycles. The lowest BCUT2D eigenvalue weighted by atomic mass is 9.91. The van der Waals surface area contributed by atoms with Gasteiger partial charge in [0, 0.05) is 36.9 Å². The van der Waals surface area contributed by atoms with Gasteiger partial charge in [0.15, 0.2) is 0 Å². The Balaban J connectivity index is 2.09. The first kappa shape index (κ1) is 16.8. The molecule has 1 aromatic heterocycles. The summed E-state index contributed by atoms with van der Waals surface area (Å²) < 4.78 is 4.00. The van der Waals surface area contributed by atoms with E-state index < -0.39 is 0 Å². The average molecular weight is 375 g/mol. The minimum Gasteiger partial charge on any atom is -0.337 e. The van der Waals surface area contributed by atoms with Crippen molar-refractivity contribution in [1.82, 2.24) is 19.4 Å². The van der Waals surface area contributed by atoms with Crippen LogP contribution in [-0.4, -0.2) is 63.3 Å². The van der Waals surface area contributed by atoms with Gasteiger partial charge in [-0.25, -0.2) is 0 Å². The van der Waals surface area contributed by atoms with Crippen LogP contribution in [0.5, 0.6) is 0 Å². The summed E-state index contributed by atoms with van der Waals surface area (Å²) in [7, 11) is 0. The van der Waals surface area contributed by atoms with E-state index in [9.17, 15) is 4.79 Å². The smallest absolute Gasteiger partial charge is 0.267 e. The Morgan fingerprint density at radius 3 is 2.71 bits per heavy atom. The lowest BCUT2D eigenvalue weighted by molar-refractivity contribution is 0.0764. The fraction of sp³-hybridized carbons (Fsp3) is 0.786. The number of amides is 1. The van der Waals surface area contributed by atoms with Gasteiger partial charge in [-0.3, -0.25) is 4.79 Å². The van der Waals surface area contributed by atoms with E-state index in [0.717, 1.165) is 50.2 Å². The maximum absolute atomic E-state index is 12.8. The summed E-state index contributed by atoms with van der Waals surface area (Å²) in [6.07, 6.45) is 1.02. The molecule has 1 fully saturated rings. The van der Waals surface area contributed by atoms with E-state index in [1.54, 1.807) is 0 Å². The van der Waals surface area contributed by atoms with Crippen molar-refractivity contribution < 1.29 is 4.79 Å². The molecular formula is C14H23BrN4OS. The Hall–Kier alpha value is -0.530. The van der Waals surface area contributed by atoms with Crippen molar-refractivity contribution in [3.8, 4) is 0 Å². The quantitative estimate of drug-likeness (QED) is 0.762. The summed E-state index contributed by atoms with van der Waals surface area (Å²) in [6.45, 7) is 10.8. The number of carbonyl (C=O) groups is 1. The van der Waals surface area contributed by atoms with Crippen molar-refractivity contribution in [3.05, 3.63) is 10.6 Å². The Morgan fingerprint density at radius 2 is 2.05 bits per heavy atom. The molecule has 5 nitrogen and oxygen atoms in total. The fourth-order valence-corrected chi connectivity index (χ4v) is 3.83. The molecule has 0 radical (unpaired) electrons. The van der Waals surface area contributed by atoms with Crippen LogP contribution in [0, 0.1) is 0 Å². The van der Waals surface area contributed by atoms with Crippen molar-refractivity contribution in [2.75, 3.05) is 38.1 Å². The molecule has 2 heterocycles. The summed E-state index contributed by atoms with van der Waals surface area (Å²) >= 11 is 4.70. The number of alkyl halides is 1. The van der Waals surface area contributed by atoms with Crippen molar-refractivity contribution in [2.24, 2.45) is 0 Å². The van der Waals surface area contributed by atoms with Crippen molar-refractivity contribution in [1.29, 1.82) is 0 Å². The van der Waals surface area contributed by atoms with Gasteiger partial charge in [-0.1, -0.05) is 41.2 Å². The van der Waals surface area contributed by atoms with E-state index in [2.05, 4.69) is 51.2 Å². The first-order valence-corrected chi connectivity index (χ1v) is 9.23. The third-order valence-electron chi connectivity index (χ3n) is 3.67. The Kier molecular flexibility index (Phi) is 5.73. The zero-order valence-corrected chi connectivity index (χ0v) is 15.3. The molecule has 0 atom stereocenters. The predicted molar refractivity (Wildman–Crippen MR) is 89.4 cm³/mol. The molecule has 7 heteroatoms. The van der Waals surface area contributed by atoms with Gasteiger partial charge in [-0.2, -0.15) is 0 Å². The maximum Gasteiger partial charge on any atom is 0.267 e. The SMILES string of the molecule is CC(C)(C)c1nnsc1C(=O)N1CCCN(CCBr)CC1. The standard InChI is InChI=1S/C14H23BrN4OS/c1-14(2,3)12-11(21-17-16-12)13(20)19-7-4-6-18(8-5-15)9-10-19/h4-10H2,1-3H3. The topological polar surface area (TPSA) is 49.3 Å². The van der Waals surface area contributed by atoms with Gasteiger partial charge >= 0.3 is 0 Å². The van der Waals surface area contributed by atoms with Crippen LogP contribution in [0.4, 0.5) is 0 Å². The Morgan fingerprint density at radius 1 is 1.29 bits per heavy atom. The largest absolute Gasteiger partial charge is 0.337 e. The third kappa shape index (κ3) is 4.23. The molecule has 0 bridgehead atoms. The number of aromatic nitrogens is 2. The fourth-order valence-electron chi connectivity index (χ4n) is 2.48. The Bertz CT molecular complexity index is 486. The molecule has 0 unspecified atom stereocenters. The molecular weight excluding hydrogens is 352 g/mol. The first-order valence-electron chi connectivity index (χ1n) is 7.34. The summed E-state index contributed by atoms with van der Waals surface area (Å²) in [6, 6.07) is 0. The van der Waals surface area contributed by atoms with Gasteiger partial charge < -0.3 is 9.80 Å². The van der Waals surface area contributed by atoms with Crippen LogP contribution >= 0.6 is 27.5 Å². The molecule has 21 heavy (non-hydrogen) atoms. The van der Waals surface area contributed by atoms with Crippen LogP contribution in [0.15, 0.2) is 0 Å². The number of hydrogen-bond acceptors (Lipinski definition) is 5. The molecule has 2 rings (SSSR count). The van der Waals surface area contributed by atoms with Crippen molar-refractivity contribution >= 4 is 33.4 Å². The van der Waals surface area contributed by atoms with Crippen LogP contribution in [0.25, 0.3) is 0 Å². The zero-order valence-electron chi connectivity index (χ0n) is 12.9. The van der Waals surface area contributed by atoms with Gasteiger partial charge in [0.25, 0.3) is 5.91 Å². The second-order valence-electron chi connectivity index (χ2n) is 6.38. The summed E-state index contributed by atoms with van der Waals surface area (Å²) in [5.74, 6) is 0.0932. The van der Waals surface area contributed by atoms with Crippen LogP contribution in [0.1, 0.15) is 42.6 Å². The summed E-state index contributed by atoms with van der Waals surface area (Å²) in [5, 5.41) is 5.16. The van der Waals surface area contributed by atoms with Gasteiger partial charge in [0.05, 0.1) is 5.69 Å². The highest BCUT2D eigenvalue weighted by Crippen LogP contribution is 2.27. The Labute approximate surface area is 139 Å². The van der Waals surface area contributed by atoms with E-state index in [1.165, 1.54) is 11.5 Å². The predicted octanol–water partition coefficient (Wildman–Crippen LogP) is 2.38. The molecule has 1 aromatic rings. The normalized spacial score (nSPS) is 17.8. The second kappa shape index (κ2) is 7.15. The minimum absolute atomic E-state index is 0.0932. The zero-order chi connectivity index (χ0) is 15.5. The minimum atomic E-state index is -0.147. The first-order chi connectivity index (χ1) is 9.93. The lowest BCUT2D eigenvalue weighted by Crippen LogP contribution is -2.36. The molecule has 1 aliphatic rings. The molecule has 0 spiro atoms. The lowest BCUT2D eigenvalue weighted by Gasteiger charge is -2.23. The molecule has 0 N–H and O–H groups in total. The molecule has 1 aliphatic heterocycles. The van der Waals surface area contributed by atoms with E-state index in [0.29, 0.717) is 4.88 Å². The highest BCUT2D eigenvalue weighted by atomic mass is 79.9. The van der Waals surface area contributed by atoms with Gasteiger partial charge in [0.2, 0.25) is 0 Å². The van der Waals surface area contributed by atoms with E-state index in [4.69, 9.17) is 0 Å². The molecule has 0 aliphatic carbocycles. The van der Waals surface area contributed by atoms with E-state index >= 15 is 0 Å².